The SMILES string of the molecule is CS(=O)(=O)N(Cc1cccnc1)Cc1nc(-c2cccc3[nH]ccc23)cc(N2CCOCC2)n1. The number of morpholine rings is 1. The topological polar surface area (TPSA) is 104 Å². The van der Waals surface area contributed by atoms with Crippen molar-refractivity contribution in [3.8, 4) is 11.3 Å². The van der Waals surface area contributed by atoms with Crippen molar-refractivity contribution in [3.05, 3.63) is 72.4 Å². The Kier molecular flexibility index (Phi) is 6.27. The van der Waals surface area contributed by atoms with E-state index in [1.807, 2.05) is 42.6 Å². The highest BCUT2D eigenvalue weighted by Gasteiger charge is 2.22. The zero-order chi connectivity index (χ0) is 23.5. The average molecular weight is 479 g/mol. The minimum Gasteiger partial charge on any atom is -0.378 e. The van der Waals surface area contributed by atoms with Crippen LogP contribution in [0.25, 0.3) is 22.2 Å². The number of benzene rings is 1. The van der Waals surface area contributed by atoms with Crippen molar-refractivity contribution >= 4 is 26.7 Å². The highest BCUT2D eigenvalue weighted by atomic mass is 32.2. The van der Waals surface area contributed by atoms with Crippen molar-refractivity contribution in [2.75, 3.05) is 37.5 Å². The van der Waals surface area contributed by atoms with Crippen LogP contribution in [0, 0.1) is 0 Å². The van der Waals surface area contributed by atoms with Gasteiger partial charge < -0.3 is 14.6 Å². The Morgan fingerprint density at radius 3 is 2.71 bits per heavy atom. The fourth-order valence-corrected chi connectivity index (χ4v) is 4.83. The van der Waals surface area contributed by atoms with Crippen LogP contribution < -0.4 is 4.90 Å². The molecular formula is C24H26N6O3S. The summed E-state index contributed by atoms with van der Waals surface area (Å²) in [6, 6.07) is 13.7. The molecule has 4 heterocycles. The lowest BCUT2D eigenvalue weighted by Gasteiger charge is -2.28. The summed E-state index contributed by atoms with van der Waals surface area (Å²) in [5.41, 5.74) is 3.54. The molecule has 3 aromatic heterocycles. The van der Waals surface area contributed by atoms with Crippen LogP contribution in [0.5, 0.6) is 0 Å². The summed E-state index contributed by atoms with van der Waals surface area (Å²) in [6.07, 6.45) is 6.44. The van der Waals surface area contributed by atoms with Crippen LogP contribution in [-0.2, 0) is 27.8 Å². The van der Waals surface area contributed by atoms with Crippen LogP contribution in [0.15, 0.2) is 61.1 Å². The molecule has 0 atom stereocenters. The second-order valence-electron chi connectivity index (χ2n) is 8.26. The van der Waals surface area contributed by atoms with Gasteiger partial charge in [-0.2, -0.15) is 4.31 Å². The number of ether oxygens (including phenoxy) is 1. The van der Waals surface area contributed by atoms with Gasteiger partial charge >= 0.3 is 0 Å². The van der Waals surface area contributed by atoms with Crippen molar-refractivity contribution in [2.24, 2.45) is 0 Å². The Morgan fingerprint density at radius 2 is 1.94 bits per heavy atom. The van der Waals surface area contributed by atoms with E-state index < -0.39 is 10.0 Å². The lowest BCUT2D eigenvalue weighted by molar-refractivity contribution is 0.122. The average Bonchev–Trinajstić information content (AvgIpc) is 3.33. The van der Waals surface area contributed by atoms with Crippen LogP contribution in [0.2, 0.25) is 0 Å². The lowest BCUT2D eigenvalue weighted by Crippen LogP contribution is -2.37. The number of hydrogen-bond acceptors (Lipinski definition) is 7. The van der Waals surface area contributed by atoms with Gasteiger partial charge in [-0.15, -0.1) is 0 Å². The van der Waals surface area contributed by atoms with Crippen LogP contribution in [0.4, 0.5) is 5.82 Å². The predicted octanol–water partition coefficient (Wildman–Crippen LogP) is 2.82. The molecule has 1 saturated heterocycles. The highest BCUT2D eigenvalue weighted by Crippen LogP contribution is 2.29. The molecule has 0 amide bonds. The van der Waals surface area contributed by atoms with Gasteiger partial charge in [0.1, 0.15) is 11.6 Å². The van der Waals surface area contributed by atoms with Gasteiger partial charge in [0.2, 0.25) is 10.0 Å². The second kappa shape index (κ2) is 9.49. The maximum atomic E-state index is 12.6. The van der Waals surface area contributed by atoms with Crippen LogP contribution in [0.1, 0.15) is 11.4 Å². The number of pyridine rings is 1. The van der Waals surface area contributed by atoms with Crippen LogP contribution in [-0.4, -0.2) is 65.2 Å². The standard InChI is InChI=1S/C24H26N6O3S/c1-34(31,32)30(16-18-4-3-8-25-15-18)17-23-27-22(14-24(28-23)29-10-12-33-13-11-29)19-5-2-6-21-20(19)7-9-26-21/h2-9,14-15,26H,10-13,16-17H2,1H3. The van der Waals surface area contributed by atoms with E-state index in [4.69, 9.17) is 14.7 Å². The summed E-state index contributed by atoms with van der Waals surface area (Å²) in [7, 11) is -3.52. The molecule has 0 radical (unpaired) electrons. The first-order chi connectivity index (χ1) is 16.5. The quantitative estimate of drug-likeness (QED) is 0.436. The number of anilines is 1. The van der Waals surface area contributed by atoms with Crippen LogP contribution >= 0.6 is 0 Å². The van der Waals surface area contributed by atoms with Gasteiger partial charge in [-0.05, 0) is 23.8 Å². The van der Waals surface area contributed by atoms with E-state index in [0.29, 0.717) is 19.0 Å². The third-order valence-electron chi connectivity index (χ3n) is 5.83. The van der Waals surface area contributed by atoms with Gasteiger partial charge in [0.05, 0.1) is 31.7 Å². The fourth-order valence-electron chi connectivity index (χ4n) is 4.10. The third-order valence-corrected chi connectivity index (χ3v) is 7.03. The fraction of sp³-hybridized carbons (Fsp3) is 0.292. The van der Waals surface area contributed by atoms with Crippen molar-refractivity contribution in [2.45, 2.75) is 13.1 Å². The molecule has 10 heteroatoms. The first-order valence-electron chi connectivity index (χ1n) is 11.1. The first-order valence-corrected chi connectivity index (χ1v) is 12.9. The van der Waals surface area contributed by atoms with Crippen molar-refractivity contribution < 1.29 is 13.2 Å². The van der Waals surface area contributed by atoms with E-state index in [9.17, 15) is 8.42 Å². The number of nitrogens with zero attached hydrogens (tertiary/aromatic N) is 5. The molecule has 1 aliphatic heterocycles. The molecule has 1 aliphatic rings. The molecule has 0 aliphatic carbocycles. The Hall–Kier alpha value is -3.34. The first kappa shape index (κ1) is 22.5. The number of nitrogens with one attached hydrogen (secondary N) is 1. The number of rotatable bonds is 7. The number of sulfonamides is 1. The van der Waals surface area contributed by atoms with Gasteiger partial charge in [-0.1, -0.05) is 18.2 Å². The van der Waals surface area contributed by atoms with E-state index in [1.54, 1.807) is 18.5 Å². The molecule has 1 aromatic carbocycles. The summed E-state index contributed by atoms with van der Waals surface area (Å²) in [6.45, 7) is 2.94. The Morgan fingerprint density at radius 1 is 1.09 bits per heavy atom. The molecule has 0 spiro atoms. The zero-order valence-corrected chi connectivity index (χ0v) is 19.7. The molecule has 9 nitrogen and oxygen atoms in total. The van der Waals surface area contributed by atoms with Gasteiger partial charge in [-0.25, -0.2) is 18.4 Å². The lowest BCUT2D eigenvalue weighted by atomic mass is 10.1. The number of aromatic amines is 1. The normalized spacial score (nSPS) is 14.7. The smallest absolute Gasteiger partial charge is 0.211 e. The molecule has 1 fully saturated rings. The van der Waals surface area contributed by atoms with Crippen molar-refractivity contribution in [1.82, 2.24) is 24.2 Å². The summed E-state index contributed by atoms with van der Waals surface area (Å²) in [5.74, 6) is 1.21. The predicted molar refractivity (Wildman–Crippen MR) is 131 cm³/mol. The molecule has 4 aromatic rings. The third kappa shape index (κ3) is 4.93. The Balaban J connectivity index is 1.56. The monoisotopic (exact) mass is 478 g/mol. The van der Waals surface area contributed by atoms with Crippen molar-refractivity contribution in [3.63, 3.8) is 0 Å². The molecule has 0 bridgehead atoms. The summed E-state index contributed by atoms with van der Waals surface area (Å²) < 4.78 is 32.2. The minimum absolute atomic E-state index is 0.0576. The minimum atomic E-state index is -3.52. The molecular weight excluding hydrogens is 452 g/mol. The number of H-pyrrole nitrogens is 1. The van der Waals surface area contributed by atoms with E-state index >= 15 is 0 Å². The summed E-state index contributed by atoms with van der Waals surface area (Å²) >= 11 is 0. The zero-order valence-electron chi connectivity index (χ0n) is 18.9. The summed E-state index contributed by atoms with van der Waals surface area (Å²) in [4.78, 5) is 19.1. The highest BCUT2D eigenvalue weighted by molar-refractivity contribution is 7.88. The van der Waals surface area contributed by atoms with E-state index in [-0.39, 0.29) is 13.1 Å². The number of fused-ring (bicyclic) bond motifs is 1. The Bertz CT molecular complexity index is 1380. The molecule has 0 saturated carbocycles. The van der Waals surface area contributed by atoms with E-state index in [1.165, 1.54) is 10.6 Å². The van der Waals surface area contributed by atoms with Gasteiger partial charge in [0.25, 0.3) is 0 Å². The van der Waals surface area contributed by atoms with E-state index in [0.717, 1.165) is 46.6 Å². The Labute approximate surface area is 198 Å². The second-order valence-corrected chi connectivity index (χ2v) is 10.2. The van der Waals surface area contributed by atoms with Gasteiger partial charge in [0.15, 0.2) is 0 Å². The molecule has 34 heavy (non-hydrogen) atoms. The largest absolute Gasteiger partial charge is 0.378 e. The molecule has 176 valence electrons. The van der Waals surface area contributed by atoms with Gasteiger partial charge in [0, 0.05) is 60.8 Å². The van der Waals surface area contributed by atoms with Crippen molar-refractivity contribution in [1.29, 1.82) is 0 Å². The summed E-state index contributed by atoms with van der Waals surface area (Å²) in [5, 5.41) is 1.05. The maximum Gasteiger partial charge on any atom is 0.211 e. The molecule has 5 rings (SSSR count). The van der Waals surface area contributed by atoms with E-state index in [2.05, 4.69) is 14.9 Å². The maximum absolute atomic E-state index is 12.6. The van der Waals surface area contributed by atoms with Crippen LogP contribution in [0.3, 0.4) is 0 Å². The molecule has 1 N–H and O–H groups in total. The molecule has 0 unspecified atom stereocenters. The number of aromatic nitrogens is 4. The number of hydrogen-bond donors (Lipinski definition) is 1. The van der Waals surface area contributed by atoms with Gasteiger partial charge in [-0.3, -0.25) is 4.98 Å².